The summed E-state index contributed by atoms with van der Waals surface area (Å²) in [6.45, 7) is 9.74. The van der Waals surface area contributed by atoms with Gasteiger partial charge in [0.15, 0.2) is 0 Å². The molecular weight excluding hydrogens is 348 g/mol. The highest BCUT2D eigenvalue weighted by Gasteiger charge is 2.46. The molecule has 26 heavy (non-hydrogen) atoms. The Morgan fingerprint density at radius 2 is 1.96 bits per heavy atom. The minimum atomic E-state index is -0.299. The van der Waals surface area contributed by atoms with Gasteiger partial charge in [-0.25, -0.2) is 0 Å². The van der Waals surface area contributed by atoms with Gasteiger partial charge in [0.05, 0.1) is 5.92 Å². The van der Waals surface area contributed by atoms with Crippen molar-refractivity contribution in [2.75, 3.05) is 19.6 Å². The van der Waals surface area contributed by atoms with Crippen molar-refractivity contribution in [2.24, 2.45) is 5.92 Å². The van der Waals surface area contributed by atoms with Crippen molar-refractivity contribution >= 4 is 23.4 Å². The summed E-state index contributed by atoms with van der Waals surface area (Å²) >= 11 is 6.42. The number of piperidine rings is 1. The lowest BCUT2D eigenvalue weighted by molar-refractivity contribution is -0.142. The zero-order valence-corrected chi connectivity index (χ0v) is 16.3. The maximum atomic E-state index is 13.3. The molecule has 0 radical (unpaired) electrons. The van der Waals surface area contributed by atoms with Gasteiger partial charge in [0.25, 0.3) is 0 Å². The van der Waals surface area contributed by atoms with Gasteiger partial charge < -0.3 is 9.80 Å². The van der Waals surface area contributed by atoms with Crippen LogP contribution in [0.5, 0.6) is 0 Å². The van der Waals surface area contributed by atoms with E-state index in [4.69, 9.17) is 11.6 Å². The van der Waals surface area contributed by atoms with E-state index < -0.39 is 0 Å². The van der Waals surface area contributed by atoms with Crippen LogP contribution in [0, 0.1) is 5.92 Å². The number of hydrogen-bond donors (Lipinski definition) is 0. The number of amides is 2. The molecule has 0 bridgehead atoms. The second-order valence-electron chi connectivity index (χ2n) is 7.83. The van der Waals surface area contributed by atoms with E-state index >= 15 is 0 Å². The molecule has 2 fully saturated rings. The van der Waals surface area contributed by atoms with E-state index in [1.165, 1.54) is 6.08 Å². The molecule has 5 heteroatoms. The predicted octanol–water partition coefficient (Wildman–Crippen LogP) is 3.86. The first kappa shape index (κ1) is 19.0. The first-order valence-electron chi connectivity index (χ1n) is 9.33. The average Bonchev–Trinajstić information content (AvgIpc) is 2.95. The van der Waals surface area contributed by atoms with Crippen molar-refractivity contribution in [3.63, 3.8) is 0 Å². The molecule has 2 aliphatic heterocycles. The van der Waals surface area contributed by atoms with E-state index in [0.717, 1.165) is 36.4 Å². The lowest BCUT2D eigenvalue weighted by atomic mass is 9.82. The van der Waals surface area contributed by atoms with Crippen LogP contribution in [0.25, 0.3) is 0 Å². The minimum Gasteiger partial charge on any atom is -0.338 e. The predicted molar refractivity (Wildman–Crippen MR) is 104 cm³/mol. The molecule has 2 atom stereocenters. The van der Waals surface area contributed by atoms with Gasteiger partial charge in [0.1, 0.15) is 0 Å². The van der Waals surface area contributed by atoms with E-state index in [9.17, 15) is 9.59 Å². The smallest absolute Gasteiger partial charge is 0.245 e. The topological polar surface area (TPSA) is 40.6 Å². The Morgan fingerprint density at radius 1 is 1.23 bits per heavy atom. The summed E-state index contributed by atoms with van der Waals surface area (Å²) in [5.41, 5.74) is 0.814. The molecule has 2 heterocycles. The zero-order valence-electron chi connectivity index (χ0n) is 15.6. The van der Waals surface area contributed by atoms with E-state index in [1.54, 1.807) is 4.90 Å². The van der Waals surface area contributed by atoms with Crippen LogP contribution < -0.4 is 0 Å². The van der Waals surface area contributed by atoms with Crippen LogP contribution in [0.3, 0.4) is 0 Å². The molecule has 2 amide bonds. The monoisotopic (exact) mass is 374 g/mol. The molecule has 0 aliphatic carbocycles. The number of benzene rings is 1. The van der Waals surface area contributed by atoms with E-state index in [1.807, 2.05) is 23.1 Å². The maximum Gasteiger partial charge on any atom is 0.245 e. The van der Waals surface area contributed by atoms with Crippen molar-refractivity contribution in [2.45, 2.75) is 44.6 Å². The SMILES string of the molecule is C=CC(=O)N1CCCC(C(=O)N2CCC(c3ccccc3Cl)C2(C)C)C1. The Kier molecular flexibility index (Phi) is 5.42. The van der Waals surface area contributed by atoms with Crippen LogP contribution in [0.4, 0.5) is 0 Å². The van der Waals surface area contributed by atoms with Gasteiger partial charge in [-0.15, -0.1) is 0 Å². The van der Waals surface area contributed by atoms with E-state index in [0.29, 0.717) is 13.1 Å². The molecule has 3 rings (SSSR count). The second kappa shape index (κ2) is 7.43. The average molecular weight is 375 g/mol. The van der Waals surface area contributed by atoms with Gasteiger partial charge >= 0.3 is 0 Å². The fraction of sp³-hybridized carbons (Fsp3) is 0.524. The standard InChI is InChI=1S/C21H27ClN2O2/c1-4-19(25)23-12-7-8-15(14-23)20(26)24-13-11-17(21(24,2)3)16-9-5-6-10-18(16)22/h4-6,9-10,15,17H,1,7-8,11-14H2,2-3H3. The maximum absolute atomic E-state index is 13.3. The summed E-state index contributed by atoms with van der Waals surface area (Å²) < 4.78 is 0. The summed E-state index contributed by atoms with van der Waals surface area (Å²) in [5, 5.41) is 0.764. The van der Waals surface area contributed by atoms with Gasteiger partial charge in [-0.05, 0) is 50.8 Å². The second-order valence-corrected chi connectivity index (χ2v) is 8.24. The summed E-state index contributed by atoms with van der Waals surface area (Å²) in [7, 11) is 0. The van der Waals surface area contributed by atoms with Crippen molar-refractivity contribution in [1.29, 1.82) is 0 Å². The molecule has 1 aromatic carbocycles. The number of carbonyl (C=O) groups excluding carboxylic acids is 2. The molecule has 140 valence electrons. The third-order valence-corrected chi connectivity index (χ3v) is 6.34. The molecule has 0 N–H and O–H groups in total. The van der Waals surface area contributed by atoms with Crippen LogP contribution in [0.2, 0.25) is 5.02 Å². The highest BCUT2D eigenvalue weighted by Crippen LogP contribution is 2.44. The van der Waals surface area contributed by atoms with Crippen LogP contribution >= 0.6 is 11.6 Å². The van der Waals surface area contributed by atoms with Gasteiger partial charge in [0.2, 0.25) is 11.8 Å². The highest BCUT2D eigenvalue weighted by molar-refractivity contribution is 6.31. The normalized spacial score (nSPS) is 25.2. The molecule has 2 unspecified atom stereocenters. The van der Waals surface area contributed by atoms with Crippen molar-refractivity contribution in [3.8, 4) is 0 Å². The zero-order chi connectivity index (χ0) is 18.9. The van der Waals surface area contributed by atoms with Gasteiger partial charge in [-0.3, -0.25) is 9.59 Å². The quantitative estimate of drug-likeness (QED) is 0.754. The molecule has 1 aromatic rings. The Balaban J connectivity index is 1.77. The lowest BCUT2D eigenvalue weighted by Crippen LogP contribution is -2.51. The number of likely N-dealkylation sites (tertiary alicyclic amines) is 2. The molecule has 0 spiro atoms. The molecule has 0 aromatic heterocycles. The lowest BCUT2D eigenvalue weighted by Gasteiger charge is -2.40. The minimum absolute atomic E-state index is 0.0860. The van der Waals surface area contributed by atoms with Gasteiger partial charge in [-0.1, -0.05) is 36.4 Å². The fourth-order valence-corrected chi connectivity index (χ4v) is 4.77. The van der Waals surface area contributed by atoms with E-state index in [-0.39, 0.29) is 29.2 Å². The van der Waals surface area contributed by atoms with E-state index in [2.05, 4.69) is 26.5 Å². The van der Waals surface area contributed by atoms with Crippen LogP contribution in [0.15, 0.2) is 36.9 Å². The summed E-state index contributed by atoms with van der Waals surface area (Å²) in [6, 6.07) is 7.91. The number of halogens is 1. The van der Waals surface area contributed by atoms with Gasteiger partial charge in [-0.2, -0.15) is 0 Å². The summed E-state index contributed by atoms with van der Waals surface area (Å²) in [4.78, 5) is 28.9. The van der Waals surface area contributed by atoms with Crippen LogP contribution in [0.1, 0.15) is 44.6 Å². The van der Waals surface area contributed by atoms with Crippen LogP contribution in [-0.4, -0.2) is 46.8 Å². The first-order valence-corrected chi connectivity index (χ1v) is 9.71. The largest absolute Gasteiger partial charge is 0.338 e. The number of nitrogens with zero attached hydrogens (tertiary/aromatic N) is 2. The number of carbonyl (C=O) groups is 2. The molecule has 4 nitrogen and oxygen atoms in total. The van der Waals surface area contributed by atoms with Crippen LogP contribution in [-0.2, 0) is 9.59 Å². The van der Waals surface area contributed by atoms with Crippen molar-refractivity contribution in [1.82, 2.24) is 9.80 Å². The number of rotatable bonds is 3. The first-order chi connectivity index (χ1) is 12.4. The van der Waals surface area contributed by atoms with Gasteiger partial charge in [0, 0.05) is 36.1 Å². The summed E-state index contributed by atoms with van der Waals surface area (Å²) in [5.74, 6) is 0.162. The summed E-state index contributed by atoms with van der Waals surface area (Å²) in [6.07, 6.45) is 3.94. The highest BCUT2D eigenvalue weighted by atomic mass is 35.5. The Morgan fingerprint density at radius 3 is 2.65 bits per heavy atom. The fourth-order valence-electron chi connectivity index (χ4n) is 4.50. The number of hydrogen-bond acceptors (Lipinski definition) is 2. The Labute approximate surface area is 160 Å². The van der Waals surface area contributed by atoms with Crippen molar-refractivity contribution in [3.05, 3.63) is 47.5 Å². The molecular formula is C21H27ClN2O2. The molecule has 2 saturated heterocycles. The Hall–Kier alpha value is -1.81. The molecule has 0 saturated carbocycles. The Bertz CT molecular complexity index is 716. The molecule has 2 aliphatic rings. The van der Waals surface area contributed by atoms with Crippen molar-refractivity contribution < 1.29 is 9.59 Å². The third-order valence-electron chi connectivity index (χ3n) is 5.99. The third kappa shape index (κ3) is 3.39.